The van der Waals surface area contributed by atoms with Gasteiger partial charge in [-0.3, -0.25) is 4.79 Å². The minimum atomic E-state index is -0.229. The highest BCUT2D eigenvalue weighted by Gasteiger charge is 2.34. The Morgan fingerprint density at radius 3 is 2.44 bits per heavy atom. The summed E-state index contributed by atoms with van der Waals surface area (Å²) in [6.45, 7) is 4.66. The topological polar surface area (TPSA) is 55.6 Å². The molecule has 4 heteroatoms. The fourth-order valence-electron chi connectivity index (χ4n) is 2.03. The number of carbonyl (C=O) groups is 1. The standard InChI is InChI=1S/C12H24N2O2/c1-10(2)14(3)11(15)8-16-12(9-13)6-4-5-7-12/h10H,4-9,13H2,1-3H3. The lowest BCUT2D eigenvalue weighted by atomic mass is 10.0. The first-order chi connectivity index (χ1) is 7.51. The van der Waals surface area contributed by atoms with Gasteiger partial charge in [-0.2, -0.15) is 0 Å². The minimum Gasteiger partial charge on any atom is -0.364 e. The molecule has 0 saturated heterocycles. The summed E-state index contributed by atoms with van der Waals surface area (Å²) in [6, 6.07) is 0.216. The lowest BCUT2D eigenvalue weighted by Gasteiger charge is -2.29. The Bertz CT molecular complexity index is 235. The average Bonchev–Trinajstić information content (AvgIpc) is 2.74. The predicted octanol–water partition coefficient (Wildman–Crippen LogP) is 1.14. The molecular weight excluding hydrogens is 204 g/mol. The largest absolute Gasteiger partial charge is 0.364 e. The molecule has 16 heavy (non-hydrogen) atoms. The van der Waals surface area contributed by atoms with Crippen molar-refractivity contribution < 1.29 is 9.53 Å². The van der Waals surface area contributed by atoms with E-state index in [2.05, 4.69) is 0 Å². The van der Waals surface area contributed by atoms with Gasteiger partial charge in [-0.15, -0.1) is 0 Å². The fraction of sp³-hybridized carbons (Fsp3) is 0.917. The summed E-state index contributed by atoms with van der Waals surface area (Å²) < 4.78 is 5.76. The monoisotopic (exact) mass is 228 g/mol. The van der Waals surface area contributed by atoms with Crippen molar-refractivity contribution in [2.45, 2.75) is 51.2 Å². The molecule has 1 aliphatic carbocycles. The van der Waals surface area contributed by atoms with E-state index in [1.807, 2.05) is 13.8 Å². The maximum absolute atomic E-state index is 11.8. The molecule has 0 aromatic heterocycles. The first kappa shape index (κ1) is 13.5. The molecule has 0 bridgehead atoms. The van der Waals surface area contributed by atoms with Crippen LogP contribution in [0.4, 0.5) is 0 Å². The van der Waals surface area contributed by atoms with Gasteiger partial charge in [0.15, 0.2) is 0 Å². The molecule has 1 fully saturated rings. The minimum absolute atomic E-state index is 0.0368. The van der Waals surface area contributed by atoms with Gasteiger partial charge in [0, 0.05) is 19.6 Å². The van der Waals surface area contributed by atoms with Crippen LogP contribution in [-0.4, -0.2) is 42.6 Å². The van der Waals surface area contributed by atoms with Crippen LogP contribution in [0.15, 0.2) is 0 Å². The first-order valence-electron chi connectivity index (χ1n) is 6.10. The predicted molar refractivity (Wildman–Crippen MR) is 64.1 cm³/mol. The van der Waals surface area contributed by atoms with Gasteiger partial charge in [-0.1, -0.05) is 12.8 Å². The summed E-state index contributed by atoms with van der Waals surface area (Å²) in [5, 5.41) is 0. The number of amides is 1. The van der Waals surface area contributed by atoms with Crippen molar-refractivity contribution in [1.82, 2.24) is 4.90 Å². The highest BCUT2D eigenvalue weighted by atomic mass is 16.5. The van der Waals surface area contributed by atoms with Crippen LogP contribution < -0.4 is 5.73 Å². The molecule has 94 valence electrons. The fourth-order valence-corrected chi connectivity index (χ4v) is 2.03. The smallest absolute Gasteiger partial charge is 0.248 e. The summed E-state index contributed by atoms with van der Waals surface area (Å²) >= 11 is 0. The summed E-state index contributed by atoms with van der Waals surface area (Å²) in [7, 11) is 1.81. The van der Waals surface area contributed by atoms with E-state index in [1.54, 1.807) is 11.9 Å². The van der Waals surface area contributed by atoms with Crippen molar-refractivity contribution in [1.29, 1.82) is 0 Å². The summed E-state index contributed by atoms with van der Waals surface area (Å²) in [5.41, 5.74) is 5.51. The normalized spacial score (nSPS) is 19.1. The van der Waals surface area contributed by atoms with Crippen molar-refractivity contribution in [3.63, 3.8) is 0 Å². The summed E-state index contributed by atoms with van der Waals surface area (Å²) in [4.78, 5) is 13.5. The Morgan fingerprint density at radius 1 is 1.44 bits per heavy atom. The van der Waals surface area contributed by atoms with E-state index in [0.717, 1.165) is 25.7 Å². The molecular formula is C12H24N2O2. The molecule has 0 atom stereocenters. The van der Waals surface area contributed by atoms with Gasteiger partial charge in [-0.05, 0) is 26.7 Å². The van der Waals surface area contributed by atoms with Crippen LogP contribution in [0.25, 0.3) is 0 Å². The first-order valence-corrected chi connectivity index (χ1v) is 6.10. The number of hydrogen-bond donors (Lipinski definition) is 1. The summed E-state index contributed by atoms with van der Waals surface area (Å²) in [6.07, 6.45) is 4.29. The van der Waals surface area contributed by atoms with Crippen molar-refractivity contribution >= 4 is 5.91 Å². The van der Waals surface area contributed by atoms with Crippen LogP contribution >= 0.6 is 0 Å². The molecule has 1 saturated carbocycles. The van der Waals surface area contributed by atoms with Crippen LogP contribution in [0.3, 0.4) is 0 Å². The highest BCUT2D eigenvalue weighted by Crippen LogP contribution is 2.32. The maximum Gasteiger partial charge on any atom is 0.248 e. The van der Waals surface area contributed by atoms with E-state index in [0.29, 0.717) is 6.54 Å². The Hall–Kier alpha value is -0.610. The number of rotatable bonds is 5. The molecule has 1 amide bonds. The number of carbonyl (C=O) groups excluding carboxylic acids is 1. The van der Waals surface area contributed by atoms with Crippen molar-refractivity contribution in [3.05, 3.63) is 0 Å². The molecule has 4 nitrogen and oxygen atoms in total. The van der Waals surface area contributed by atoms with Gasteiger partial charge < -0.3 is 15.4 Å². The molecule has 0 aromatic carbocycles. The molecule has 0 spiro atoms. The lowest BCUT2D eigenvalue weighted by Crippen LogP contribution is -2.43. The lowest BCUT2D eigenvalue weighted by molar-refractivity contribution is -0.143. The van der Waals surface area contributed by atoms with Gasteiger partial charge in [-0.25, -0.2) is 0 Å². The molecule has 0 aromatic rings. The molecule has 0 heterocycles. The van der Waals surface area contributed by atoms with Gasteiger partial charge in [0.2, 0.25) is 5.91 Å². The number of likely N-dealkylation sites (N-methyl/N-ethyl adjacent to an activating group) is 1. The zero-order chi connectivity index (χ0) is 12.2. The van der Waals surface area contributed by atoms with Crippen LogP contribution in [0.5, 0.6) is 0 Å². The van der Waals surface area contributed by atoms with Crippen LogP contribution in [0, 0.1) is 0 Å². The number of hydrogen-bond acceptors (Lipinski definition) is 3. The SMILES string of the molecule is CC(C)N(C)C(=O)COC1(CN)CCCC1. The van der Waals surface area contributed by atoms with Crippen LogP contribution in [0.2, 0.25) is 0 Å². The van der Waals surface area contributed by atoms with Crippen molar-refractivity contribution in [2.75, 3.05) is 20.2 Å². The van der Waals surface area contributed by atoms with Gasteiger partial charge >= 0.3 is 0 Å². The Balaban J connectivity index is 2.41. The van der Waals surface area contributed by atoms with E-state index in [4.69, 9.17) is 10.5 Å². The third-order valence-electron chi connectivity index (χ3n) is 3.56. The Labute approximate surface area is 98.1 Å². The molecule has 0 radical (unpaired) electrons. The second kappa shape index (κ2) is 5.64. The molecule has 1 rings (SSSR count). The van der Waals surface area contributed by atoms with Gasteiger partial charge in [0.1, 0.15) is 6.61 Å². The second-order valence-electron chi connectivity index (χ2n) is 4.98. The quantitative estimate of drug-likeness (QED) is 0.767. The van der Waals surface area contributed by atoms with Crippen LogP contribution in [-0.2, 0) is 9.53 Å². The average molecular weight is 228 g/mol. The zero-order valence-electron chi connectivity index (χ0n) is 10.7. The molecule has 2 N–H and O–H groups in total. The van der Waals surface area contributed by atoms with Crippen molar-refractivity contribution in [2.24, 2.45) is 5.73 Å². The second-order valence-corrected chi connectivity index (χ2v) is 4.98. The number of ether oxygens (including phenoxy) is 1. The molecule has 0 unspecified atom stereocenters. The zero-order valence-corrected chi connectivity index (χ0v) is 10.7. The van der Waals surface area contributed by atoms with E-state index in [1.165, 1.54) is 0 Å². The third-order valence-corrected chi connectivity index (χ3v) is 3.56. The molecule has 1 aliphatic rings. The van der Waals surface area contributed by atoms with Gasteiger partial charge in [0.05, 0.1) is 5.60 Å². The number of nitrogens with two attached hydrogens (primary N) is 1. The Morgan fingerprint density at radius 2 is 2.00 bits per heavy atom. The van der Waals surface area contributed by atoms with Crippen molar-refractivity contribution in [3.8, 4) is 0 Å². The van der Waals surface area contributed by atoms with Gasteiger partial charge in [0.25, 0.3) is 0 Å². The summed E-state index contributed by atoms with van der Waals surface area (Å²) in [5.74, 6) is 0.0368. The maximum atomic E-state index is 11.8. The third kappa shape index (κ3) is 3.19. The van der Waals surface area contributed by atoms with Crippen LogP contribution in [0.1, 0.15) is 39.5 Å². The van der Waals surface area contributed by atoms with E-state index in [-0.39, 0.29) is 24.2 Å². The molecule has 0 aliphatic heterocycles. The highest BCUT2D eigenvalue weighted by molar-refractivity contribution is 5.77. The van der Waals surface area contributed by atoms with E-state index in [9.17, 15) is 4.79 Å². The number of nitrogens with zero attached hydrogens (tertiary/aromatic N) is 1. The van der Waals surface area contributed by atoms with E-state index >= 15 is 0 Å². The Kier molecular flexibility index (Phi) is 4.74. The van der Waals surface area contributed by atoms with E-state index < -0.39 is 0 Å².